The molecule has 1 aromatic heterocycles. The van der Waals surface area contributed by atoms with Crippen molar-refractivity contribution in [2.75, 3.05) is 12.3 Å². The molecule has 1 saturated heterocycles. The highest BCUT2D eigenvalue weighted by molar-refractivity contribution is 9.10. The van der Waals surface area contributed by atoms with E-state index in [9.17, 15) is 4.79 Å². The molecule has 0 aliphatic carbocycles. The van der Waals surface area contributed by atoms with Gasteiger partial charge >= 0.3 is 0 Å². The lowest BCUT2D eigenvalue weighted by Gasteiger charge is -2.33. The van der Waals surface area contributed by atoms with Crippen molar-refractivity contribution in [3.05, 3.63) is 27.5 Å². The maximum Gasteiger partial charge on any atom is 0.266 e. The van der Waals surface area contributed by atoms with Crippen molar-refractivity contribution in [1.29, 1.82) is 0 Å². The molecular weight excluding hydrogens is 336 g/mol. The van der Waals surface area contributed by atoms with Crippen molar-refractivity contribution >= 4 is 48.9 Å². The van der Waals surface area contributed by atoms with Crippen molar-refractivity contribution in [2.45, 2.75) is 32.2 Å². The number of anilines is 1. The van der Waals surface area contributed by atoms with Crippen molar-refractivity contribution in [3.63, 3.8) is 0 Å². The van der Waals surface area contributed by atoms with Crippen molar-refractivity contribution in [2.24, 2.45) is 0 Å². The second-order valence-corrected chi connectivity index (χ2v) is 7.30. The Bertz CT molecular complexity index is 667. The summed E-state index contributed by atoms with van der Waals surface area (Å²) in [5.74, 6) is 0.0898. The molecule has 1 atom stereocenters. The summed E-state index contributed by atoms with van der Waals surface area (Å²) in [5.41, 5.74) is 6.82. The topological polar surface area (TPSA) is 46.3 Å². The van der Waals surface area contributed by atoms with Crippen LogP contribution in [0.25, 0.3) is 10.1 Å². The summed E-state index contributed by atoms with van der Waals surface area (Å²) in [4.78, 5) is 15.4. The zero-order valence-electron chi connectivity index (χ0n) is 11.4. The number of amides is 1. The number of halogens is 1. The van der Waals surface area contributed by atoms with Crippen molar-refractivity contribution < 1.29 is 4.79 Å². The van der Waals surface area contributed by atoms with Crippen LogP contribution in [0.3, 0.4) is 0 Å². The van der Waals surface area contributed by atoms with Gasteiger partial charge in [-0.1, -0.05) is 15.9 Å². The molecule has 20 heavy (non-hydrogen) atoms. The summed E-state index contributed by atoms with van der Waals surface area (Å²) in [7, 11) is 0. The number of nitrogen functional groups attached to an aromatic ring is 1. The smallest absolute Gasteiger partial charge is 0.266 e. The first kappa shape index (κ1) is 13.9. The van der Waals surface area contributed by atoms with Gasteiger partial charge in [-0.05, 0) is 44.4 Å². The average molecular weight is 353 g/mol. The Labute approximate surface area is 130 Å². The van der Waals surface area contributed by atoms with Gasteiger partial charge in [-0.15, -0.1) is 11.3 Å². The van der Waals surface area contributed by atoms with Crippen LogP contribution in [0.4, 0.5) is 5.69 Å². The highest BCUT2D eigenvalue weighted by atomic mass is 79.9. The first-order chi connectivity index (χ1) is 9.58. The molecule has 2 heterocycles. The van der Waals surface area contributed by atoms with Crippen molar-refractivity contribution in [3.8, 4) is 0 Å². The molecule has 1 amide bonds. The number of likely N-dealkylation sites (tertiary alicyclic amines) is 1. The third kappa shape index (κ3) is 2.33. The number of rotatable bonds is 1. The number of hydrogen-bond donors (Lipinski definition) is 1. The average Bonchev–Trinajstić information content (AvgIpc) is 2.76. The van der Waals surface area contributed by atoms with Crippen LogP contribution in [-0.4, -0.2) is 23.4 Å². The molecule has 0 radical (unpaired) electrons. The van der Waals surface area contributed by atoms with Crippen LogP contribution >= 0.6 is 27.3 Å². The number of carbonyl (C=O) groups is 1. The number of fused-ring (bicyclic) bond motifs is 1. The van der Waals surface area contributed by atoms with Crippen LogP contribution in [0.5, 0.6) is 0 Å². The zero-order valence-corrected chi connectivity index (χ0v) is 13.8. The van der Waals surface area contributed by atoms with E-state index in [2.05, 4.69) is 22.9 Å². The molecule has 0 bridgehead atoms. The number of carbonyl (C=O) groups excluding carboxylic acids is 1. The lowest BCUT2D eigenvalue weighted by Crippen LogP contribution is -2.41. The van der Waals surface area contributed by atoms with Crippen LogP contribution in [0.1, 0.15) is 35.9 Å². The number of nitrogens with zero attached hydrogens (tertiary/aromatic N) is 1. The number of nitrogens with two attached hydrogens (primary N) is 1. The first-order valence-electron chi connectivity index (χ1n) is 6.86. The number of piperidine rings is 1. The summed E-state index contributed by atoms with van der Waals surface area (Å²) in [6, 6.07) is 6.29. The Hall–Kier alpha value is -1.07. The predicted molar refractivity (Wildman–Crippen MR) is 88.3 cm³/mol. The Morgan fingerprint density at radius 3 is 3.00 bits per heavy atom. The fraction of sp³-hybridized carbons (Fsp3) is 0.400. The minimum Gasteiger partial charge on any atom is -0.397 e. The maximum atomic E-state index is 12.7. The number of hydrogen-bond acceptors (Lipinski definition) is 3. The van der Waals surface area contributed by atoms with Crippen molar-refractivity contribution in [1.82, 2.24) is 4.90 Å². The van der Waals surface area contributed by atoms with Gasteiger partial charge in [0.15, 0.2) is 0 Å². The van der Waals surface area contributed by atoms with E-state index in [1.807, 2.05) is 23.1 Å². The fourth-order valence-corrected chi connectivity index (χ4v) is 4.20. The van der Waals surface area contributed by atoms with Gasteiger partial charge in [0, 0.05) is 27.1 Å². The molecule has 1 aliphatic heterocycles. The van der Waals surface area contributed by atoms with Crippen LogP contribution in [-0.2, 0) is 0 Å². The second kappa shape index (κ2) is 5.37. The Kier molecular flexibility index (Phi) is 3.73. The van der Waals surface area contributed by atoms with E-state index >= 15 is 0 Å². The molecule has 5 heteroatoms. The van der Waals surface area contributed by atoms with E-state index in [1.54, 1.807) is 0 Å². The van der Waals surface area contributed by atoms with Gasteiger partial charge < -0.3 is 10.6 Å². The molecular formula is C15H17BrN2OS. The Morgan fingerprint density at radius 1 is 1.45 bits per heavy atom. The van der Waals surface area contributed by atoms with Crippen LogP contribution in [0.2, 0.25) is 0 Å². The van der Waals surface area contributed by atoms with Gasteiger partial charge in [-0.2, -0.15) is 0 Å². The summed E-state index contributed by atoms with van der Waals surface area (Å²) >= 11 is 4.95. The summed E-state index contributed by atoms with van der Waals surface area (Å²) in [6.07, 6.45) is 3.38. The van der Waals surface area contributed by atoms with E-state index in [-0.39, 0.29) is 5.91 Å². The molecule has 1 unspecified atom stereocenters. The molecule has 1 aliphatic rings. The normalized spacial score (nSPS) is 19.5. The molecule has 2 N–H and O–H groups in total. The molecule has 1 fully saturated rings. The largest absolute Gasteiger partial charge is 0.397 e. The predicted octanol–water partition coefficient (Wildman–Crippen LogP) is 4.26. The van der Waals surface area contributed by atoms with E-state index in [1.165, 1.54) is 17.8 Å². The molecule has 3 rings (SSSR count). The third-order valence-corrected chi connectivity index (χ3v) is 5.61. The molecule has 3 nitrogen and oxygen atoms in total. The van der Waals surface area contributed by atoms with Gasteiger partial charge in [0.05, 0.1) is 5.69 Å². The fourth-order valence-electron chi connectivity index (χ4n) is 2.78. The second-order valence-electron chi connectivity index (χ2n) is 5.33. The molecule has 106 valence electrons. The lowest BCUT2D eigenvalue weighted by atomic mass is 10.0. The monoisotopic (exact) mass is 352 g/mol. The van der Waals surface area contributed by atoms with E-state index in [0.717, 1.165) is 33.9 Å². The summed E-state index contributed by atoms with van der Waals surface area (Å²) in [5, 5.41) is 0.970. The lowest BCUT2D eigenvalue weighted by molar-refractivity contribution is 0.0642. The minimum atomic E-state index is 0.0898. The third-order valence-electron chi connectivity index (χ3n) is 3.95. The highest BCUT2D eigenvalue weighted by Crippen LogP contribution is 2.36. The molecule has 0 spiro atoms. The van der Waals surface area contributed by atoms with Gasteiger partial charge in [-0.25, -0.2) is 0 Å². The van der Waals surface area contributed by atoms with E-state index in [0.29, 0.717) is 16.6 Å². The van der Waals surface area contributed by atoms with Crippen LogP contribution in [0.15, 0.2) is 22.7 Å². The van der Waals surface area contributed by atoms with Gasteiger partial charge in [0.2, 0.25) is 0 Å². The quantitative estimate of drug-likeness (QED) is 0.833. The van der Waals surface area contributed by atoms with E-state index < -0.39 is 0 Å². The van der Waals surface area contributed by atoms with E-state index in [4.69, 9.17) is 5.73 Å². The zero-order chi connectivity index (χ0) is 14.3. The highest BCUT2D eigenvalue weighted by Gasteiger charge is 2.27. The number of thiophene rings is 1. The summed E-state index contributed by atoms with van der Waals surface area (Å²) in [6.45, 7) is 2.97. The van der Waals surface area contributed by atoms with Gasteiger partial charge in [0.25, 0.3) is 5.91 Å². The molecule has 2 aromatic rings. The summed E-state index contributed by atoms with van der Waals surface area (Å²) < 4.78 is 2.05. The maximum absolute atomic E-state index is 12.7. The number of benzene rings is 1. The first-order valence-corrected chi connectivity index (χ1v) is 8.47. The van der Waals surface area contributed by atoms with Gasteiger partial charge in [-0.3, -0.25) is 4.79 Å². The Balaban J connectivity index is 2.01. The van der Waals surface area contributed by atoms with Gasteiger partial charge in [0.1, 0.15) is 4.88 Å². The molecule has 0 saturated carbocycles. The van der Waals surface area contributed by atoms with Crippen LogP contribution in [0, 0.1) is 0 Å². The minimum absolute atomic E-state index is 0.0898. The SMILES string of the molecule is CC1CCCCN1C(=O)c1sc2ccc(Br)cc2c1N. The molecule has 1 aromatic carbocycles. The Morgan fingerprint density at radius 2 is 2.25 bits per heavy atom. The van der Waals surface area contributed by atoms with Crippen LogP contribution < -0.4 is 5.73 Å². The standard InChI is InChI=1S/C15H17BrN2OS/c1-9-4-2-3-7-18(9)15(19)14-13(17)11-8-10(16)5-6-12(11)20-14/h5-6,8-9H,2-4,7,17H2,1H3.